The molecule has 0 bridgehead atoms. The van der Waals surface area contributed by atoms with Crippen molar-refractivity contribution in [2.24, 2.45) is 0 Å². The van der Waals surface area contributed by atoms with Gasteiger partial charge in [-0.05, 0) is 24.0 Å². The summed E-state index contributed by atoms with van der Waals surface area (Å²) < 4.78 is 0. The van der Waals surface area contributed by atoms with Crippen LogP contribution in [0.25, 0.3) is 0 Å². The molecule has 74 valence electrons. The Kier molecular flexibility index (Phi) is 2.50. The molecule has 0 saturated carbocycles. The Hall–Kier alpha value is -0.0800. The summed E-state index contributed by atoms with van der Waals surface area (Å²) in [5.74, 6) is 2.76. The first-order chi connectivity index (χ1) is 6.90. The maximum atomic E-state index is 2.41. The van der Waals surface area contributed by atoms with Crippen LogP contribution in [0.1, 0.15) is 11.1 Å². The monoisotopic (exact) mass is 222 g/mol. The molecule has 0 spiro atoms. The van der Waals surface area contributed by atoms with Crippen molar-refractivity contribution in [3.05, 3.63) is 35.4 Å². The van der Waals surface area contributed by atoms with E-state index in [2.05, 4.69) is 47.8 Å². The fourth-order valence-electron chi connectivity index (χ4n) is 1.78. The predicted molar refractivity (Wildman–Crippen MR) is 66.3 cm³/mol. The van der Waals surface area contributed by atoms with Crippen molar-refractivity contribution in [3.8, 4) is 0 Å². The molecule has 0 radical (unpaired) electrons. The van der Waals surface area contributed by atoms with Crippen LogP contribution < -0.4 is 0 Å². The molecule has 0 aromatic heterocycles. The summed E-state index contributed by atoms with van der Waals surface area (Å²) in [5, 5.41) is 1.86. The molecular weight excluding hydrogens is 208 g/mol. The zero-order chi connectivity index (χ0) is 9.38. The van der Waals surface area contributed by atoms with Gasteiger partial charge >= 0.3 is 0 Å². The molecule has 0 nitrogen and oxygen atoms in total. The summed E-state index contributed by atoms with van der Waals surface area (Å²) in [6, 6.07) is 9.20. The normalized spacial score (nSPS) is 28.9. The molecule has 0 N–H and O–H groups in total. The quantitative estimate of drug-likeness (QED) is 0.718. The summed E-state index contributed by atoms with van der Waals surface area (Å²) in [6.45, 7) is 0. The van der Waals surface area contributed by atoms with Crippen LogP contribution in [0.4, 0.5) is 0 Å². The fraction of sp³-hybridized carbons (Fsp3) is 0.500. The van der Waals surface area contributed by atoms with Crippen molar-refractivity contribution in [1.29, 1.82) is 0 Å². The Balaban J connectivity index is 1.68. The van der Waals surface area contributed by atoms with Gasteiger partial charge < -0.3 is 0 Å². The summed E-state index contributed by atoms with van der Waals surface area (Å²) in [4.78, 5) is 0. The Morgan fingerprint density at radius 3 is 1.93 bits per heavy atom. The Morgan fingerprint density at radius 1 is 1.00 bits per heavy atom. The van der Waals surface area contributed by atoms with E-state index in [4.69, 9.17) is 0 Å². The maximum absolute atomic E-state index is 2.41. The van der Waals surface area contributed by atoms with Crippen molar-refractivity contribution in [1.82, 2.24) is 0 Å². The highest BCUT2D eigenvalue weighted by Gasteiger charge is 2.24. The average molecular weight is 222 g/mol. The van der Waals surface area contributed by atoms with Crippen molar-refractivity contribution >= 4 is 23.5 Å². The van der Waals surface area contributed by atoms with Gasteiger partial charge in [0.2, 0.25) is 0 Å². The first-order valence-corrected chi connectivity index (χ1v) is 7.31. The molecule has 2 fully saturated rings. The highest BCUT2D eigenvalue weighted by Crippen LogP contribution is 2.35. The number of benzene rings is 1. The number of hydrogen-bond acceptors (Lipinski definition) is 2. The second-order valence-corrected chi connectivity index (χ2v) is 6.81. The standard InChI is InChI=1S/C12H14S2/c1-2-9(5-11-7-13-11)4-10(3-1)6-12-8-14-12/h1-4,11-12H,5-8H2. The molecule has 1 aromatic carbocycles. The van der Waals surface area contributed by atoms with Gasteiger partial charge in [0, 0.05) is 22.0 Å². The molecule has 0 amide bonds. The first kappa shape index (κ1) is 9.17. The molecule has 2 heteroatoms. The molecule has 2 heterocycles. The molecule has 2 unspecified atom stereocenters. The van der Waals surface area contributed by atoms with Crippen LogP contribution in [0.3, 0.4) is 0 Å². The molecular formula is C12H14S2. The first-order valence-electron chi connectivity index (χ1n) is 5.21. The van der Waals surface area contributed by atoms with E-state index < -0.39 is 0 Å². The molecule has 2 saturated heterocycles. The summed E-state index contributed by atoms with van der Waals surface area (Å²) >= 11 is 4.18. The lowest BCUT2D eigenvalue weighted by Gasteiger charge is -2.02. The highest BCUT2D eigenvalue weighted by atomic mass is 32.2. The topological polar surface area (TPSA) is 0 Å². The van der Waals surface area contributed by atoms with Crippen molar-refractivity contribution in [3.63, 3.8) is 0 Å². The van der Waals surface area contributed by atoms with E-state index in [1.807, 2.05) is 0 Å². The lowest BCUT2D eigenvalue weighted by atomic mass is 10.0. The smallest absolute Gasteiger partial charge is 0.0179 e. The van der Waals surface area contributed by atoms with Crippen LogP contribution in [0, 0.1) is 0 Å². The largest absolute Gasteiger partial charge is 0.156 e. The molecule has 2 aliphatic heterocycles. The number of hydrogen-bond donors (Lipinski definition) is 0. The van der Waals surface area contributed by atoms with E-state index in [0.717, 1.165) is 10.5 Å². The summed E-state index contributed by atoms with van der Waals surface area (Å²) in [7, 11) is 0. The zero-order valence-corrected chi connectivity index (χ0v) is 9.74. The summed E-state index contributed by atoms with van der Waals surface area (Å²) in [6.07, 6.45) is 2.58. The lowest BCUT2D eigenvalue weighted by Crippen LogP contribution is -1.96. The van der Waals surface area contributed by atoms with Crippen LogP contribution >= 0.6 is 23.5 Å². The third-order valence-corrected chi connectivity index (χ3v) is 4.67. The van der Waals surface area contributed by atoms with Gasteiger partial charge in [-0.2, -0.15) is 23.5 Å². The molecule has 1 aromatic rings. The minimum Gasteiger partial charge on any atom is -0.156 e. The average Bonchev–Trinajstić information content (AvgIpc) is 3.00. The van der Waals surface area contributed by atoms with E-state index in [1.54, 1.807) is 11.1 Å². The second-order valence-electron chi connectivity index (χ2n) is 4.14. The minimum absolute atomic E-state index is 0.931. The van der Waals surface area contributed by atoms with Gasteiger partial charge in [0.1, 0.15) is 0 Å². The SMILES string of the molecule is c1cc(CC2CS2)cc(CC2CS2)c1. The zero-order valence-electron chi connectivity index (χ0n) is 8.11. The predicted octanol–water partition coefficient (Wildman–Crippen LogP) is 3.00. The maximum Gasteiger partial charge on any atom is 0.0179 e. The van der Waals surface area contributed by atoms with Gasteiger partial charge in [0.25, 0.3) is 0 Å². The van der Waals surface area contributed by atoms with E-state index in [1.165, 1.54) is 24.3 Å². The number of rotatable bonds is 4. The van der Waals surface area contributed by atoms with Crippen molar-refractivity contribution in [2.45, 2.75) is 23.3 Å². The van der Waals surface area contributed by atoms with E-state index in [0.29, 0.717) is 0 Å². The Morgan fingerprint density at radius 2 is 1.50 bits per heavy atom. The highest BCUT2D eigenvalue weighted by molar-refractivity contribution is 8.07. The Labute approximate surface area is 93.9 Å². The molecule has 0 aliphatic carbocycles. The van der Waals surface area contributed by atoms with Crippen LogP contribution in [-0.2, 0) is 12.8 Å². The third-order valence-electron chi connectivity index (χ3n) is 2.72. The van der Waals surface area contributed by atoms with Gasteiger partial charge in [0.15, 0.2) is 0 Å². The van der Waals surface area contributed by atoms with E-state index in [9.17, 15) is 0 Å². The fourth-order valence-corrected chi connectivity index (χ4v) is 2.91. The molecule has 3 rings (SSSR count). The van der Waals surface area contributed by atoms with Crippen molar-refractivity contribution < 1.29 is 0 Å². The van der Waals surface area contributed by atoms with Crippen LogP contribution in [0.5, 0.6) is 0 Å². The van der Waals surface area contributed by atoms with Gasteiger partial charge in [-0.3, -0.25) is 0 Å². The molecule has 2 atom stereocenters. The third kappa shape index (κ3) is 2.48. The van der Waals surface area contributed by atoms with Crippen LogP contribution in [-0.4, -0.2) is 22.0 Å². The Bertz CT molecular complexity index is 298. The van der Waals surface area contributed by atoms with Gasteiger partial charge in [-0.15, -0.1) is 0 Å². The number of thioether (sulfide) groups is 2. The van der Waals surface area contributed by atoms with Crippen molar-refractivity contribution in [2.75, 3.05) is 11.5 Å². The molecule has 14 heavy (non-hydrogen) atoms. The summed E-state index contributed by atoms with van der Waals surface area (Å²) in [5.41, 5.74) is 3.09. The van der Waals surface area contributed by atoms with Gasteiger partial charge in [0.05, 0.1) is 0 Å². The second kappa shape index (κ2) is 3.82. The molecule has 2 aliphatic rings. The van der Waals surface area contributed by atoms with Crippen LogP contribution in [0.2, 0.25) is 0 Å². The van der Waals surface area contributed by atoms with Crippen LogP contribution in [0.15, 0.2) is 24.3 Å². The minimum atomic E-state index is 0.931. The van der Waals surface area contributed by atoms with Gasteiger partial charge in [-0.25, -0.2) is 0 Å². The van der Waals surface area contributed by atoms with E-state index >= 15 is 0 Å². The van der Waals surface area contributed by atoms with E-state index in [-0.39, 0.29) is 0 Å². The lowest BCUT2D eigenvalue weighted by molar-refractivity contribution is 0.988. The van der Waals surface area contributed by atoms with Gasteiger partial charge in [-0.1, -0.05) is 24.3 Å².